The first-order valence-electron chi connectivity index (χ1n) is 8.75. The topological polar surface area (TPSA) is 63.4 Å². The summed E-state index contributed by atoms with van der Waals surface area (Å²) in [6.07, 6.45) is 2.09. The number of benzene rings is 2. The van der Waals surface area contributed by atoms with Gasteiger partial charge in [-0.05, 0) is 49.4 Å². The van der Waals surface area contributed by atoms with Crippen LogP contribution in [-0.2, 0) is 0 Å². The summed E-state index contributed by atoms with van der Waals surface area (Å²) in [5, 5.41) is 0. The number of carbonyl (C=O) groups excluding carboxylic acids is 2. The second-order valence-corrected chi connectivity index (χ2v) is 6.92. The van der Waals surface area contributed by atoms with Gasteiger partial charge in [0, 0.05) is 17.7 Å². The molecule has 2 aromatic carbocycles. The highest BCUT2D eigenvalue weighted by atomic mass is 16.2. The number of aryl methyl sites for hydroxylation is 1. The summed E-state index contributed by atoms with van der Waals surface area (Å²) < 4.78 is 0. The molecule has 2 N–H and O–H groups in total. The number of piperidine rings is 1. The minimum absolute atomic E-state index is 0.0415. The van der Waals surface area contributed by atoms with E-state index >= 15 is 0 Å². The van der Waals surface area contributed by atoms with Crippen molar-refractivity contribution in [3.05, 3.63) is 70.8 Å². The van der Waals surface area contributed by atoms with Crippen LogP contribution in [0.1, 0.15) is 57.7 Å². The molecule has 3 rings (SSSR count). The Morgan fingerprint density at radius 1 is 1.08 bits per heavy atom. The van der Waals surface area contributed by atoms with Crippen molar-refractivity contribution in [2.75, 3.05) is 6.54 Å². The monoisotopic (exact) mass is 336 g/mol. The normalized spacial score (nSPS) is 20.3. The number of hydrogen-bond acceptors (Lipinski definition) is 2. The van der Waals surface area contributed by atoms with Crippen molar-refractivity contribution < 1.29 is 9.59 Å². The lowest BCUT2D eigenvalue weighted by Gasteiger charge is -2.40. The average molecular weight is 336 g/mol. The van der Waals surface area contributed by atoms with Gasteiger partial charge in [0.25, 0.3) is 5.91 Å². The number of amides is 2. The summed E-state index contributed by atoms with van der Waals surface area (Å²) in [6, 6.07) is 15.1. The van der Waals surface area contributed by atoms with E-state index in [1.54, 1.807) is 24.3 Å². The van der Waals surface area contributed by atoms with Gasteiger partial charge in [0.05, 0.1) is 6.04 Å². The fourth-order valence-electron chi connectivity index (χ4n) is 3.66. The van der Waals surface area contributed by atoms with Gasteiger partial charge in [-0.15, -0.1) is 0 Å². The minimum Gasteiger partial charge on any atom is -0.366 e. The molecule has 0 aromatic heterocycles. The zero-order chi connectivity index (χ0) is 18.0. The van der Waals surface area contributed by atoms with Gasteiger partial charge in [-0.3, -0.25) is 9.59 Å². The highest BCUT2D eigenvalue weighted by Crippen LogP contribution is 2.36. The Hall–Kier alpha value is -2.62. The Morgan fingerprint density at radius 3 is 2.44 bits per heavy atom. The van der Waals surface area contributed by atoms with Crippen LogP contribution < -0.4 is 5.73 Å². The van der Waals surface area contributed by atoms with E-state index in [0.717, 1.165) is 24.9 Å². The van der Waals surface area contributed by atoms with Crippen LogP contribution in [0.2, 0.25) is 0 Å². The third kappa shape index (κ3) is 3.58. The maximum atomic E-state index is 13.1. The van der Waals surface area contributed by atoms with Crippen molar-refractivity contribution in [2.24, 2.45) is 11.7 Å². The summed E-state index contributed by atoms with van der Waals surface area (Å²) in [7, 11) is 0. The first kappa shape index (κ1) is 17.2. The fourth-order valence-corrected chi connectivity index (χ4v) is 3.66. The second-order valence-electron chi connectivity index (χ2n) is 6.92. The molecule has 4 heteroatoms. The Bertz CT molecular complexity index is 783. The summed E-state index contributed by atoms with van der Waals surface area (Å²) in [5.74, 6) is -0.170. The van der Waals surface area contributed by atoms with E-state index in [1.807, 2.05) is 4.90 Å². The molecule has 2 aromatic rings. The molecule has 0 radical (unpaired) electrons. The van der Waals surface area contributed by atoms with Gasteiger partial charge in [-0.1, -0.05) is 42.8 Å². The molecule has 4 nitrogen and oxygen atoms in total. The van der Waals surface area contributed by atoms with Gasteiger partial charge in [0.15, 0.2) is 0 Å². The van der Waals surface area contributed by atoms with E-state index in [1.165, 1.54) is 5.56 Å². The van der Waals surface area contributed by atoms with Gasteiger partial charge in [-0.2, -0.15) is 0 Å². The van der Waals surface area contributed by atoms with Crippen LogP contribution in [-0.4, -0.2) is 23.3 Å². The van der Waals surface area contributed by atoms with Crippen molar-refractivity contribution in [2.45, 2.75) is 32.7 Å². The lowest BCUT2D eigenvalue weighted by molar-refractivity contribution is 0.0513. The highest BCUT2D eigenvalue weighted by molar-refractivity contribution is 5.99. The molecule has 2 amide bonds. The van der Waals surface area contributed by atoms with Crippen LogP contribution in [0.4, 0.5) is 0 Å². The predicted molar refractivity (Wildman–Crippen MR) is 98.3 cm³/mol. The Morgan fingerprint density at radius 2 is 1.76 bits per heavy atom. The van der Waals surface area contributed by atoms with Crippen molar-refractivity contribution in [3.63, 3.8) is 0 Å². The van der Waals surface area contributed by atoms with Gasteiger partial charge >= 0.3 is 0 Å². The first-order valence-corrected chi connectivity index (χ1v) is 8.75. The summed E-state index contributed by atoms with van der Waals surface area (Å²) in [5.41, 5.74) is 8.60. The highest BCUT2D eigenvalue weighted by Gasteiger charge is 2.33. The van der Waals surface area contributed by atoms with Gasteiger partial charge in [0.1, 0.15) is 0 Å². The molecule has 0 spiro atoms. The number of carbonyl (C=O) groups is 2. The molecule has 1 fully saturated rings. The Balaban J connectivity index is 1.94. The first-order chi connectivity index (χ1) is 12.0. The number of nitrogens with zero attached hydrogens (tertiary/aromatic N) is 1. The molecule has 130 valence electrons. The number of nitrogens with two attached hydrogens (primary N) is 1. The van der Waals surface area contributed by atoms with E-state index < -0.39 is 5.91 Å². The number of likely N-dealkylation sites (tertiary alicyclic amines) is 1. The standard InChI is InChI=1S/C21H24N2O2/c1-14-8-10-16(11-9-14)19-15(2)5-4-12-23(19)21(25)18-7-3-6-17(13-18)20(22)24/h3,6-11,13,15,19H,4-5,12H2,1-2H3,(H2,22,24). The van der Waals surface area contributed by atoms with Gasteiger partial charge in [0.2, 0.25) is 5.91 Å². The molecule has 1 aliphatic rings. The van der Waals surface area contributed by atoms with E-state index in [9.17, 15) is 9.59 Å². The molecule has 0 aliphatic carbocycles. The quantitative estimate of drug-likeness (QED) is 0.929. The van der Waals surface area contributed by atoms with Gasteiger partial charge in [-0.25, -0.2) is 0 Å². The molecule has 0 saturated carbocycles. The molecule has 2 unspecified atom stereocenters. The van der Waals surface area contributed by atoms with Crippen molar-refractivity contribution >= 4 is 11.8 Å². The van der Waals surface area contributed by atoms with Crippen molar-refractivity contribution in [1.82, 2.24) is 4.90 Å². The average Bonchev–Trinajstić information content (AvgIpc) is 2.62. The molecular formula is C21H24N2O2. The smallest absolute Gasteiger partial charge is 0.254 e. The van der Waals surface area contributed by atoms with E-state index in [2.05, 4.69) is 38.1 Å². The fraction of sp³-hybridized carbons (Fsp3) is 0.333. The molecule has 1 heterocycles. The molecule has 2 atom stereocenters. The lowest BCUT2D eigenvalue weighted by atomic mass is 9.85. The van der Waals surface area contributed by atoms with Crippen LogP contribution in [0.5, 0.6) is 0 Å². The van der Waals surface area contributed by atoms with E-state index in [-0.39, 0.29) is 11.9 Å². The number of primary amides is 1. The van der Waals surface area contributed by atoms with Crippen molar-refractivity contribution in [1.29, 1.82) is 0 Å². The maximum absolute atomic E-state index is 13.1. The third-order valence-electron chi connectivity index (χ3n) is 5.01. The van der Waals surface area contributed by atoms with Crippen LogP contribution in [0, 0.1) is 12.8 Å². The minimum atomic E-state index is -0.517. The SMILES string of the molecule is Cc1ccc(C2C(C)CCCN2C(=O)c2cccc(C(N)=O)c2)cc1. The molecule has 1 saturated heterocycles. The second kappa shape index (κ2) is 7.09. The zero-order valence-electron chi connectivity index (χ0n) is 14.7. The Kier molecular flexibility index (Phi) is 4.88. The lowest BCUT2D eigenvalue weighted by Crippen LogP contribution is -2.42. The molecule has 0 bridgehead atoms. The molecular weight excluding hydrogens is 312 g/mol. The summed E-state index contributed by atoms with van der Waals surface area (Å²) >= 11 is 0. The van der Waals surface area contributed by atoms with Crippen LogP contribution >= 0.6 is 0 Å². The predicted octanol–water partition coefficient (Wildman–Crippen LogP) is 3.71. The van der Waals surface area contributed by atoms with Crippen molar-refractivity contribution in [3.8, 4) is 0 Å². The molecule has 1 aliphatic heterocycles. The summed E-state index contributed by atoms with van der Waals surface area (Å²) in [4.78, 5) is 26.5. The number of hydrogen-bond donors (Lipinski definition) is 1. The Labute approximate surface area is 148 Å². The van der Waals surface area contributed by atoms with Crippen LogP contribution in [0.25, 0.3) is 0 Å². The van der Waals surface area contributed by atoms with Crippen LogP contribution in [0.3, 0.4) is 0 Å². The van der Waals surface area contributed by atoms with E-state index in [4.69, 9.17) is 5.73 Å². The zero-order valence-corrected chi connectivity index (χ0v) is 14.7. The maximum Gasteiger partial charge on any atom is 0.254 e. The van der Waals surface area contributed by atoms with Gasteiger partial charge < -0.3 is 10.6 Å². The summed E-state index contributed by atoms with van der Waals surface area (Å²) in [6.45, 7) is 4.98. The third-order valence-corrected chi connectivity index (χ3v) is 5.01. The molecule has 25 heavy (non-hydrogen) atoms. The largest absolute Gasteiger partial charge is 0.366 e. The number of rotatable bonds is 3. The van der Waals surface area contributed by atoms with E-state index in [0.29, 0.717) is 17.0 Å². The van der Waals surface area contributed by atoms with Crippen LogP contribution in [0.15, 0.2) is 48.5 Å².